The highest BCUT2D eigenvalue weighted by Crippen LogP contribution is 2.55. The average molecular weight is 513 g/mol. The van der Waals surface area contributed by atoms with Crippen LogP contribution in [0.4, 0.5) is 0 Å². The van der Waals surface area contributed by atoms with E-state index >= 15 is 0 Å². The molecule has 4 aliphatic rings. The maximum Gasteiger partial charge on any atom is 0.404 e. The van der Waals surface area contributed by atoms with Crippen molar-refractivity contribution in [2.24, 2.45) is 29.1 Å². The van der Waals surface area contributed by atoms with Gasteiger partial charge in [-0.2, -0.15) is 12.6 Å². The van der Waals surface area contributed by atoms with E-state index in [-0.39, 0.29) is 24.2 Å². The molecule has 0 radical (unpaired) electrons. The summed E-state index contributed by atoms with van der Waals surface area (Å²) >= 11 is 0. The summed E-state index contributed by atoms with van der Waals surface area (Å²) in [7, 11) is -4.40. The molecule has 196 valence electrons. The van der Waals surface area contributed by atoms with E-state index in [1.165, 1.54) is 0 Å². The summed E-state index contributed by atoms with van der Waals surface area (Å²) in [5.74, 6) is -3.98. The summed E-state index contributed by atoms with van der Waals surface area (Å²) in [6.45, 7) is 9.19. The number of allylic oxidation sites excluding steroid dienone is 2. The third kappa shape index (κ3) is 4.95. The van der Waals surface area contributed by atoms with Crippen molar-refractivity contribution in [3.63, 3.8) is 0 Å². The lowest BCUT2D eigenvalue weighted by Gasteiger charge is -2.49. The lowest BCUT2D eigenvalue weighted by Crippen LogP contribution is -2.59. The standard InChI is InChI=1S/C25H36O9S/c1-6-24(4,5)23(28)32-25-21-16(11-15(3)22(25)33-35(29,30)34-25)8-7-14(2)19(21)10-9-18-12-17(26)13-20(27)31-18/h7-8,11,14-15,17-19,21-22,26H,6,9-10,12-13H2,1-5H3/t14?,15-,17+,18?,19-,21-,22?,25-/m0/s1. The molecule has 0 aromatic heterocycles. The van der Waals surface area contributed by atoms with E-state index in [1.54, 1.807) is 13.8 Å². The molecule has 2 aliphatic carbocycles. The fourth-order valence-electron chi connectivity index (χ4n) is 5.66. The van der Waals surface area contributed by atoms with Crippen molar-refractivity contribution in [3.05, 3.63) is 23.8 Å². The van der Waals surface area contributed by atoms with Crippen molar-refractivity contribution in [1.82, 2.24) is 0 Å². The smallest absolute Gasteiger partial charge is 0.404 e. The molecule has 0 saturated carbocycles. The van der Waals surface area contributed by atoms with Gasteiger partial charge in [0, 0.05) is 12.3 Å². The molecule has 0 spiro atoms. The molecule has 2 fully saturated rings. The van der Waals surface area contributed by atoms with Crippen molar-refractivity contribution >= 4 is 22.3 Å². The average Bonchev–Trinajstić information content (AvgIpc) is 3.04. The number of ether oxygens (including phenoxy) is 2. The minimum absolute atomic E-state index is 0.00270. The third-order valence-electron chi connectivity index (χ3n) is 8.02. The summed E-state index contributed by atoms with van der Waals surface area (Å²) in [4.78, 5) is 25.1. The predicted molar refractivity (Wildman–Crippen MR) is 125 cm³/mol. The van der Waals surface area contributed by atoms with Gasteiger partial charge in [-0.25, -0.2) is 4.18 Å². The van der Waals surface area contributed by atoms with Gasteiger partial charge < -0.3 is 14.6 Å². The van der Waals surface area contributed by atoms with Gasteiger partial charge in [0.1, 0.15) is 6.10 Å². The zero-order valence-corrected chi connectivity index (χ0v) is 21.7. The minimum Gasteiger partial charge on any atom is -0.462 e. The van der Waals surface area contributed by atoms with Gasteiger partial charge in [-0.15, -0.1) is 0 Å². The van der Waals surface area contributed by atoms with Crippen LogP contribution in [0.25, 0.3) is 0 Å². The monoisotopic (exact) mass is 512 g/mol. The lowest BCUT2D eigenvalue weighted by atomic mass is 9.62. The molecule has 0 aromatic rings. The Morgan fingerprint density at radius 1 is 1.26 bits per heavy atom. The molecular formula is C25H36O9S. The van der Waals surface area contributed by atoms with Crippen molar-refractivity contribution in [2.75, 3.05) is 0 Å². The Bertz CT molecular complexity index is 1030. The van der Waals surface area contributed by atoms with Crippen LogP contribution in [0.5, 0.6) is 0 Å². The Morgan fingerprint density at radius 3 is 2.63 bits per heavy atom. The summed E-state index contributed by atoms with van der Waals surface area (Å²) in [6, 6.07) is 0. The van der Waals surface area contributed by atoms with Gasteiger partial charge in [-0.1, -0.05) is 39.0 Å². The number of fused-ring (bicyclic) bond motifs is 3. The highest BCUT2D eigenvalue weighted by Gasteiger charge is 2.67. The van der Waals surface area contributed by atoms with Gasteiger partial charge in [0.05, 0.1) is 23.9 Å². The second kappa shape index (κ2) is 9.28. The van der Waals surface area contributed by atoms with Gasteiger partial charge in [-0.05, 0) is 50.5 Å². The number of carbonyl (C=O) groups excluding carboxylic acids is 2. The molecule has 2 heterocycles. The van der Waals surface area contributed by atoms with E-state index in [0.717, 1.165) is 5.57 Å². The first-order valence-corrected chi connectivity index (χ1v) is 13.8. The highest BCUT2D eigenvalue weighted by atomic mass is 32.3. The van der Waals surface area contributed by atoms with Gasteiger partial charge in [0.2, 0.25) is 0 Å². The van der Waals surface area contributed by atoms with Crippen molar-refractivity contribution < 1.29 is 41.0 Å². The van der Waals surface area contributed by atoms with Crippen molar-refractivity contribution in [1.29, 1.82) is 0 Å². The highest BCUT2D eigenvalue weighted by molar-refractivity contribution is 7.82. The zero-order chi connectivity index (χ0) is 25.8. The van der Waals surface area contributed by atoms with Crippen LogP contribution in [-0.4, -0.2) is 49.6 Å². The molecule has 9 nitrogen and oxygen atoms in total. The summed E-state index contributed by atoms with van der Waals surface area (Å²) < 4.78 is 47.7. The van der Waals surface area contributed by atoms with Crippen LogP contribution in [0.2, 0.25) is 0 Å². The zero-order valence-electron chi connectivity index (χ0n) is 20.9. The van der Waals surface area contributed by atoms with E-state index in [1.807, 2.05) is 32.9 Å². The Kier molecular flexibility index (Phi) is 6.98. The molecule has 1 N–H and O–H groups in total. The summed E-state index contributed by atoms with van der Waals surface area (Å²) in [5, 5.41) is 9.99. The van der Waals surface area contributed by atoms with Crippen LogP contribution < -0.4 is 0 Å². The molecule has 35 heavy (non-hydrogen) atoms. The molecule has 0 aromatic carbocycles. The number of aliphatic hydroxyl groups is 1. The third-order valence-corrected chi connectivity index (χ3v) is 8.93. The fraction of sp³-hybridized carbons (Fsp3) is 0.760. The first kappa shape index (κ1) is 26.3. The number of hydrogen-bond acceptors (Lipinski definition) is 9. The molecule has 4 rings (SSSR count). The number of hydrogen-bond donors (Lipinski definition) is 1. The molecule has 3 unspecified atom stereocenters. The molecule has 10 heteroatoms. The van der Waals surface area contributed by atoms with Gasteiger partial charge in [0.15, 0.2) is 6.10 Å². The predicted octanol–water partition coefficient (Wildman–Crippen LogP) is 3.18. The maximum absolute atomic E-state index is 13.3. The van der Waals surface area contributed by atoms with Crippen LogP contribution in [0, 0.1) is 29.1 Å². The van der Waals surface area contributed by atoms with E-state index in [0.29, 0.717) is 25.7 Å². The molecular weight excluding hydrogens is 476 g/mol. The topological polar surface area (TPSA) is 125 Å². The molecule has 2 saturated heterocycles. The fourth-order valence-corrected chi connectivity index (χ4v) is 6.81. The molecule has 0 bridgehead atoms. The van der Waals surface area contributed by atoms with Crippen LogP contribution in [0.3, 0.4) is 0 Å². The van der Waals surface area contributed by atoms with Crippen molar-refractivity contribution in [2.45, 2.75) is 90.8 Å². The summed E-state index contributed by atoms with van der Waals surface area (Å²) in [6.07, 6.45) is 5.63. The molecule has 8 atom stereocenters. The van der Waals surface area contributed by atoms with Crippen LogP contribution >= 0.6 is 0 Å². The van der Waals surface area contributed by atoms with Gasteiger partial charge in [-0.3, -0.25) is 9.59 Å². The van der Waals surface area contributed by atoms with Crippen LogP contribution in [0.15, 0.2) is 23.8 Å². The Labute approximate surface area is 207 Å². The quantitative estimate of drug-likeness (QED) is 0.534. The number of esters is 2. The Hall–Kier alpha value is -1.75. The van der Waals surface area contributed by atoms with E-state index in [9.17, 15) is 23.1 Å². The Morgan fingerprint density at radius 2 is 1.97 bits per heavy atom. The maximum atomic E-state index is 13.3. The van der Waals surface area contributed by atoms with Crippen LogP contribution in [0.1, 0.15) is 66.7 Å². The SMILES string of the molecule is CCC(C)(C)C(=O)O[C@@]12OS(=O)(=O)OC1[C@@H](C)C=C1C=CC(C)[C@H](CCC3C[C@@H](O)CC(=O)O3)[C@H]12. The molecule has 2 aliphatic heterocycles. The first-order chi connectivity index (χ1) is 16.3. The second-order valence-electron chi connectivity index (χ2n) is 11.0. The normalized spacial score (nSPS) is 40.3. The molecule has 0 amide bonds. The lowest BCUT2D eigenvalue weighted by molar-refractivity contribution is -0.246. The summed E-state index contributed by atoms with van der Waals surface area (Å²) in [5.41, 5.74) is -0.0159. The van der Waals surface area contributed by atoms with E-state index in [4.69, 9.17) is 17.8 Å². The number of carbonyl (C=O) groups is 2. The number of aliphatic hydroxyl groups excluding tert-OH is 1. The number of cyclic esters (lactones) is 1. The van der Waals surface area contributed by atoms with Crippen LogP contribution in [-0.2, 0) is 37.8 Å². The first-order valence-electron chi connectivity index (χ1n) is 12.4. The van der Waals surface area contributed by atoms with E-state index in [2.05, 4.69) is 6.08 Å². The number of rotatable bonds is 6. The largest absolute Gasteiger partial charge is 0.462 e. The Balaban J connectivity index is 1.71. The second-order valence-corrected chi connectivity index (χ2v) is 12.2. The van der Waals surface area contributed by atoms with Gasteiger partial charge in [0.25, 0.3) is 5.79 Å². The van der Waals surface area contributed by atoms with Crippen molar-refractivity contribution in [3.8, 4) is 0 Å². The minimum atomic E-state index is -4.40. The van der Waals surface area contributed by atoms with Gasteiger partial charge >= 0.3 is 22.3 Å². The van der Waals surface area contributed by atoms with E-state index < -0.39 is 57.8 Å².